The number of H-pyrrole nitrogens is 1. The van der Waals surface area contributed by atoms with Crippen LogP contribution in [0, 0.1) is 0 Å². The number of aliphatic imine (C=N–C) groups is 1. The van der Waals surface area contributed by atoms with Crippen LogP contribution in [0.5, 0.6) is 0 Å². The highest BCUT2D eigenvalue weighted by molar-refractivity contribution is 5.80. The third-order valence-electron chi connectivity index (χ3n) is 6.01. The van der Waals surface area contributed by atoms with Crippen molar-refractivity contribution in [2.24, 2.45) is 4.99 Å². The second-order valence-corrected chi connectivity index (χ2v) is 7.85. The Labute approximate surface area is 167 Å². The van der Waals surface area contributed by atoms with Crippen molar-refractivity contribution in [1.29, 1.82) is 0 Å². The summed E-state index contributed by atoms with van der Waals surface area (Å²) in [5.74, 6) is 1.67. The zero-order valence-corrected chi connectivity index (χ0v) is 16.7. The van der Waals surface area contributed by atoms with Crippen molar-refractivity contribution in [2.75, 3.05) is 20.1 Å². The Hall–Kier alpha value is -2.41. The van der Waals surface area contributed by atoms with Gasteiger partial charge in [-0.15, -0.1) is 0 Å². The maximum atomic E-state index is 4.42. The molecule has 0 amide bonds. The van der Waals surface area contributed by atoms with E-state index >= 15 is 0 Å². The molecule has 1 saturated heterocycles. The van der Waals surface area contributed by atoms with Gasteiger partial charge in [-0.2, -0.15) is 5.10 Å². The van der Waals surface area contributed by atoms with Gasteiger partial charge in [0.25, 0.3) is 0 Å². The van der Waals surface area contributed by atoms with Crippen LogP contribution in [0.15, 0.2) is 35.6 Å². The van der Waals surface area contributed by atoms with E-state index in [2.05, 4.69) is 47.8 Å². The molecule has 1 aromatic carbocycles. The molecule has 0 spiro atoms. The lowest BCUT2D eigenvalue weighted by atomic mass is 10.0. The summed E-state index contributed by atoms with van der Waals surface area (Å²) in [5.41, 5.74) is 2.23. The number of hydrogen-bond acceptors (Lipinski definition) is 4. The molecule has 2 aliphatic rings. The third kappa shape index (κ3) is 4.70. The first-order valence-corrected chi connectivity index (χ1v) is 10.5. The molecule has 2 aromatic rings. The van der Waals surface area contributed by atoms with Crippen LogP contribution in [-0.4, -0.2) is 58.3 Å². The lowest BCUT2D eigenvalue weighted by molar-refractivity contribution is 0.150. The minimum atomic E-state index is 0.504. The fraction of sp³-hybridized carbons (Fsp3) is 0.571. The fourth-order valence-electron chi connectivity index (χ4n) is 4.43. The summed E-state index contributed by atoms with van der Waals surface area (Å²) >= 11 is 0. The maximum Gasteiger partial charge on any atom is 0.191 e. The van der Waals surface area contributed by atoms with Crippen LogP contribution in [0.1, 0.15) is 44.1 Å². The Morgan fingerprint density at radius 2 is 2.04 bits per heavy atom. The van der Waals surface area contributed by atoms with Crippen LogP contribution in [0.25, 0.3) is 11.4 Å². The molecule has 28 heavy (non-hydrogen) atoms. The Balaban J connectivity index is 1.26. The van der Waals surface area contributed by atoms with E-state index in [9.17, 15) is 0 Å². The number of piperidine rings is 1. The van der Waals surface area contributed by atoms with Crippen molar-refractivity contribution in [3.63, 3.8) is 0 Å². The molecule has 0 atom stereocenters. The van der Waals surface area contributed by atoms with Crippen molar-refractivity contribution < 1.29 is 0 Å². The summed E-state index contributed by atoms with van der Waals surface area (Å²) in [6, 6.07) is 9.67. The van der Waals surface area contributed by atoms with Crippen LogP contribution >= 0.6 is 0 Å². The Morgan fingerprint density at radius 1 is 1.21 bits per heavy atom. The van der Waals surface area contributed by atoms with Gasteiger partial charge in [-0.1, -0.05) is 31.0 Å². The number of nitrogens with one attached hydrogen (secondary N) is 3. The minimum absolute atomic E-state index is 0.504. The number of aromatic amines is 1. The number of rotatable bonds is 5. The lowest BCUT2D eigenvalue weighted by Gasteiger charge is -2.36. The largest absolute Gasteiger partial charge is 0.354 e. The minimum Gasteiger partial charge on any atom is -0.354 e. The topological polar surface area (TPSA) is 81.2 Å². The van der Waals surface area contributed by atoms with Crippen LogP contribution in [0.3, 0.4) is 0 Å². The van der Waals surface area contributed by atoms with Gasteiger partial charge < -0.3 is 15.5 Å². The Morgan fingerprint density at radius 3 is 2.75 bits per heavy atom. The first-order valence-electron chi connectivity index (χ1n) is 10.5. The highest BCUT2D eigenvalue weighted by Crippen LogP contribution is 2.26. The normalized spacial score (nSPS) is 19.8. The molecule has 1 aromatic heterocycles. The summed E-state index contributed by atoms with van der Waals surface area (Å²) in [6.45, 7) is 3.14. The number of aromatic nitrogens is 3. The van der Waals surface area contributed by atoms with Crippen LogP contribution in [-0.2, 0) is 6.54 Å². The molecule has 7 nitrogen and oxygen atoms in total. The number of hydrogen-bond donors (Lipinski definition) is 3. The summed E-state index contributed by atoms with van der Waals surface area (Å²) < 4.78 is 0. The van der Waals surface area contributed by atoms with Crippen molar-refractivity contribution in [3.05, 3.63) is 36.2 Å². The molecule has 1 aliphatic carbocycles. The molecule has 3 N–H and O–H groups in total. The molecular formula is C21H31N7. The van der Waals surface area contributed by atoms with Gasteiger partial charge in [0.1, 0.15) is 6.33 Å². The number of nitrogens with zero attached hydrogens (tertiary/aromatic N) is 4. The quantitative estimate of drug-likeness (QED) is 0.548. The van der Waals surface area contributed by atoms with Crippen molar-refractivity contribution in [3.8, 4) is 11.4 Å². The molecule has 0 radical (unpaired) electrons. The van der Waals surface area contributed by atoms with Gasteiger partial charge in [-0.25, -0.2) is 4.98 Å². The number of likely N-dealkylation sites (tertiary alicyclic amines) is 1. The van der Waals surface area contributed by atoms with E-state index in [1.54, 1.807) is 0 Å². The molecule has 1 aliphatic heterocycles. The highest BCUT2D eigenvalue weighted by atomic mass is 15.2. The first-order chi connectivity index (χ1) is 13.8. The van der Waals surface area contributed by atoms with Crippen LogP contribution < -0.4 is 10.6 Å². The third-order valence-corrected chi connectivity index (χ3v) is 6.01. The summed E-state index contributed by atoms with van der Waals surface area (Å²) in [5, 5.41) is 13.9. The molecule has 1 saturated carbocycles. The van der Waals surface area contributed by atoms with Crippen molar-refractivity contribution in [2.45, 2.75) is 57.2 Å². The van der Waals surface area contributed by atoms with Crippen LogP contribution in [0.4, 0.5) is 0 Å². The average Bonchev–Trinajstić information content (AvgIpc) is 3.46. The first kappa shape index (κ1) is 18.9. The Kier molecular flexibility index (Phi) is 6.21. The molecular weight excluding hydrogens is 350 g/mol. The molecule has 150 valence electrons. The number of guanidine groups is 1. The lowest BCUT2D eigenvalue weighted by Crippen LogP contribution is -2.50. The molecule has 0 unspecified atom stereocenters. The van der Waals surface area contributed by atoms with Gasteiger partial charge in [0.05, 0.1) is 0 Å². The van der Waals surface area contributed by atoms with E-state index in [0.29, 0.717) is 6.04 Å². The zero-order chi connectivity index (χ0) is 19.2. The van der Waals surface area contributed by atoms with Crippen LogP contribution in [0.2, 0.25) is 0 Å². The molecule has 7 heteroatoms. The van der Waals surface area contributed by atoms with Gasteiger partial charge in [-0.3, -0.25) is 10.1 Å². The average molecular weight is 382 g/mol. The standard InChI is InChI=1S/C21H31N7/c1-22-21(26-18-9-11-28(12-10-18)19-7-2-3-8-19)23-14-16-5-4-6-17(13-16)20-24-15-25-27-20/h4-6,13,15,18-19H,2-3,7-12,14H2,1H3,(H2,22,23,26)(H,24,25,27). The van der Waals surface area contributed by atoms with Crippen molar-refractivity contribution in [1.82, 2.24) is 30.7 Å². The fourth-order valence-corrected chi connectivity index (χ4v) is 4.43. The predicted octanol–water partition coefficient (Wildman–Crippen LogP) is 2.54. The van der Waals surface area contributed by atoms with Crippen molar-refractivity contribution >= 4 is 5.96 Å². The summed E-state index contributed by atoms with van der Waals surface area (Å²) in [6.07, 6.45) is 9.54. The van der Waals surface area contributed by atoms with Gasteiger partial charge in [0, 0.05) is 44.3 Å². The predicted molar refractivity (Wildman–Crippen MR) is 112 cm³/mol. The maximum absolute atomic E-state index is 4.42. The number of benzene rings is 1. The van der Waals surface area contributed by atoms with E-state index in [0.717, 1.165) is 29.9 Å². The van der Waals surface area contributed by atoms with Gasteiger partial charge in [-0.05, 0) is 37.3 Å². The summed E-state index contributed by atoms with van der Waals surface area (Å²) in [7, 11) is 1.84. The van der Waals surface area contributed by atoms with Gasteiger partial charge in [0.15, 0.2) is 11.8 Å². The Bertz CT molecular complexity index is 757. The van der Waals surface area contributed by atoms with Gasteiger partial charge in [0.2, 0.25) is 0 Å². The smallest absolute Gasteiger partial charge is 0.191 e. The SMILES string of the molecule is CN=C(NCc1cccc(-c2ncn[nH]2)c1)NC1CCN(C2CCCC2)CC1. The highest BCUT2D eigenvalue weighted by Gasteiger charge is 2.27. The second kappa shape index (κ2) is 9.19. The molecule has 0 bridgehead atoms. The van der Waals surface area contributed by atoms with E-state index in [-0.39, 0.29) is 0 Å². The van der Waals surface area contributed by atoms with E-state index in [1.807, 2.05) is 19.2 Å². The van der Waals surface area contributed by atoms with E-state index in [4.69, 9.17) is 0 Å². The monoisotopic (exact) mass is 381 g/mol. The van der Waals surface area contributed by atoms with E-state index < -0.39 is 0 Å². The second-order valence-electron chi connectivity index (χ2n) is 7.85. The molecule has 2 fully saturated rings. The van der Waals surface area contributed by atoms with Gasteiger partial charge >= 0.3 is 0 Å². The molecule has 2 heterocycles. The zero-order valence-electron chi connectivity index (χ0n) is 16.7. The van der Waals surface area contributed by atoms with E-state index in [1.165, 1.54) is 63.5 Å². The summed E-state index contributed by atoms with van der Waals surface area (Å²) in [4.78, 5) is 11.3. The molecule has 4 rings (SSSR count).